The predicted molar refractivity (Wildman–Crippen MR) is 52.6 cm³/mol. The molecule has 0 aliphatic heterocycles. The Labute approximate surface area is 73.9 Å². The highest BCUT2D eigenvalue weighted by Gasteiger charge is 2.03. The summed E-state index contributed by atoms with van der Waals surface area (Å²) in [5, 5.41) is 7.05. The Kier molecular flexibility index (Phi) is 4.14. The van der Waals surface area contributed by atoms with Crippen LogP contribution in [0.3, 0.4) is 0 Å². The van der Waals surface area contributed by atoms with Gasteiger partial charge in [-0.05, 0) is 25.7 Å². The third-order valence-electron chi connectivity index (χ3n) is 1.87. The maximum atomic E-state index is 7.05. The third kappa shape index (κ3) is 3.91. The number of rotatable bonds is 0. The Hall–Kier alpha value is -1.11. The fourth-order valence-corrected chi connectivity index (χ4v) is 1.19. The van der Waals surface area contributed by atoms with Gasteiger partial charge in [0.15, 0.2) is 0 Å². The van der Waals surface area contributed by atoms with Crippen molar-refractivity contribution in [1.82, 2.24) is 0 Å². The summed E-state index contributed by atoms with van der Waals surface area (Å²) in [7, 11) is 0. The van der Waals surface area contributed by atoms with Crippen molar-refractivity contribution in [2.24, 2.45) is 0 Å². The zero-order chi connectivity index (χ0) is 8.65. The quantitative estimate of drug-likeness (QED) is 0.604. The smallest absolute Gasteiger partial charge is 0.00891 e. The lowest BCUT2D eigenvalue weighted by molar-refractivity contribution is 0.886. The minimum atomic E-state index is 0.954. The molecule has 1 aromatic rings. The molecule has 12 heavy (non-hydrogen) atoms. The Morgan fingerprint density at radius 2 is 1.08 bits per heavy atom. The maximum Gasteiger partial charge on any atom is 0.00891 e. The highest BCUT2D eigenvalue weighted by molar-refractivity contribution is 5.82. The molecule has 64 valence electrons. The topological polar surface area (TPSA) is 23.9 Å². The molecule has 0 heterocycles. The van der Waals surface area contributed by atoms with Gasteiger partial charge in [-0.2, -0.15) is 0 Å². The van der Waals surface area contributed by atoms with Crippen LogP contribution in [0.2, 0.25) is 0 Å². The van der Waals surface area contributed by atoms with Crippen molar-refractivity contribution in [3.63, 3.8) is 0 Å². The largest absolute Gasteiger partial charge is 0.310 e. The second-order valence-corrected chi connectivity index (χ2v) is 2.97. The lowest BCUT2D eigenvalue weighted by Crippen LogP contribution is -1.79. The molecule has 0 saturated heterocycles. The lowest BCUT2D eigenvalue weighted by atomic mass is 10.3. The zero-order valence-corrected chi connectivity index (χ0v) is 7.29. The summed E-state index contributed by atoms with van der Waals surface area (Å²) in [4.78, 5) is 0. The second-order valence-electron chi connectivity index (χ2n) is 2.97. The molecule has 0 amide bonds. The van der Waals surface area contributed by atoms with Gasteiger partial charge in [0.05, 0.1) is 0 Å². The highest BCUT2D eigenvalue weighted by Crippen LogP contribution is 2.11. The van der Waals surface area contributed by atoms with Crippen molar-refractivity contribution in [2.75, 3.05) is 0 Å². The predicted octanol–water partition coefficient (Wildman–Crippen LogP) is 3.27. The van der Waals surface area contributed by atoms with Crippen LogP contribution in [0.15, 0.2) is 36.4 Å². The van der Waals surface area contributed by atoms with Crippen molar-refractivity contribution in [3.8, 4) is 0 Å². The minimum absolute atomic E-state index is 0.954. The number of hydrogen-bond acceptors (Lipinski definition) is 1. The van der Waals surface area contributed by atoms with Crippen LogP contribution in [0.1, 0.15) is 25.7 Å². The van der Waals surface area contributed by atoms with E-state index in [0.29, 0.717) is 0 Å². The molecule has 0 atom stereocenters. The highest BCUT2D eigenvalue weighted by atomic mass is 14.4. The van der Waals surface area contributed by atoms with E-state index in [-0.39, 0.29) is 0 Å². The molecule has 0 bridgehead atoms. The van der Waals surface area contributed by atoms with Gasteiger partial charge >= 0.3 is 0 Å². The van der Waals surface area contributed by atoms with E-state index in [1.54, 1.807) is 0 Å². The van der Waals surface area contributed by atoms with Crippen molar-refractivity contribution < 1.29 is 0 Å². The fraction of sp³-hybridized carbons (Fsp3) is 0.364. The number of hydrogen-bond donors (Lipinski definition) is 1. The van der Waals surface area contributed by atoms with E-state index < -0.39 is 0 Å². The van der Waals surface area contributed by atoms with Gasteiger partial charge in [0, 0.05) is 5.71 Å². The monoisotopic (exact) mass is 161 g/mol. The normalized spacial score (nSPS) is 15.2. The molecule has 1 nitrogen and oxygen atoms in total. The molecule has 0 radical (unpaired) electrons. The Morgan fingerprint density at radius 1 is 0.750 bits per heavy atom. The summed E-state index contributed by atoms with van der Waals surface area (Å²) in [5.41, 5.74) is 0.954. The van der Waals surface area contributed by atoms with Crippen LogP contribution in [-0.2, 0) is 0 Å². The molecule has 0 spiro atoms. The van der Waals surface area contributed by atoms with E-state index in [1.165, 1.54) is 12.8 Å². The van der Waals surface area contributed by atoms with Crippen molar-refractivity contribution >= 4 is 5.71 Å². The van der Waals surface area contributed by atoms with Crippen molar-refractivity contribution in [3.05, 3.63) is 36.4 Å². The molecule has 1 fully saturated rings. The van der Waals surface area contributed by atoms with Gasteiger partial charge < -0.3 is 5.41 Å². The summed E-state index contributed by atoms with van der Waals surface area (Å²) < 4.78 is 0. The van der Waals surface area contributed by atoms with Gasteiger partial charge in [-0.3, -0.25) is 0 Å². The van der Waals surface area contributed by atoms with Crippen LogP contribution in [0.4, 0.5) is 0 Å². The molecule has 1 aliphatic carbocycles. The van der Waals surface area contributed by atoms with E-state index in [1.807, 2.05) is 36.4 Å². The first kappa shape index (κ1) is 8.98. The lowest BCUT2D eigenvalue weighted by Gasteiger charge is -1.77. The van der Waals surface area contributed by atoms with Gasteiger partial charge in [0.1, 0.15) is 0 Å². The fourth-order valence-electron chi connectivity index (χ4n) is 1.19. The zero-order valence-electron chi connectivity index (χ0n) is 7.29. The molecule has 1 aliphatic rings. The van der Waals surface area contributed by atoms with Crippen LogP contribution in [0, 0.1) is 5.41 Å². The molecular weight excluding hydrogens is 146 g/mol. The first-order valence-corrected chi connectivity index (χ1v) is 4.46. The van der Waals surface area contributed by atoms with Crippen molar-refractivity contribution in [1.29, 1.82) is 5.41 Å². The SMILES string of the molecule is N=C1CCCC1.c1ccccc1. The molecular formula is C11H15N. The number of benzene rings is 1. The molecule has 1 N–H and O–H groups in total. The molecule has 0 aromatic heterocycles. The summed E-state index contributed by atoms with van der Waals surface area (Å²) in [6.45, 7) is 0. The molecule has 1 saturated carbocycles. The average Bonchev–Trinajstić information content (AvgIpc) is 2.60. The van der Waals surface area contributed by atoms with Gasteiger partial charge in [0.2, 0.25) is 0 Å². The van der Waals surface area contributed by atoms with E-state index in [9.17, 15) is 0 Å². The van der Waals surface area contributed by atoms with E-state index >= 15 is 0 Å². The van der Waals surface area contributed by atoms with Gasteiger partial charge in [-0.1, -0.05) is 36.4 Å². The molecule has 2 rings (SSSR count). The summed E-state index contributed by atoms with van der Waals surface area (Å²) >= 11 is 0. The Bertz CT molecular complexity index is 181. The van der Waals surface area contributed by atoms with Gasteiger partial charge in [0.25, 0.3) is 0 Å². The molecule has 1 heteroatoms. The van der Waals surface area contributed by atoms with Crippen molar-refractivity contribution in [2.45, 2.75) is 25.7 Å². The maximum absolute atomic E-state index is 7.05. The standard InChI is InChI=1S/C6H6.C5H9N/c1-2-4-6-5-3-1;6-5-3-1-2-4-5/h1-6H;6H,1-4H2. The Morgan fingerprint density at radius 3 is 1.25 bits per heavy atom. The van der Waals surface area contributed by atoms with Gasteiger partial charge in [-0.15, -0.1) is 0 Å². The van der Waals surface area contributed by atoms with Crippen LogP contribution in [0.25, 0.3) is 0 Å². The Balaban J connectivity index is 0.000000120. The summed E-state index contributed by atoms with van der Waals surface area (Å²) in [6.07, 6.45) is 4.66. The summed E-state index contributed by atoms with van der Waals surface area (Å²) in [5.74, 6) is 0. The van der Waals surface area contributed by atoms with Crippen LogP contribution < -0.4 is 0 Å². The molecule has 1 aromatic carbocycles. The van der Waals surface area contributed by atoms with E-state index in [4.69, 9.17) is 5.41 Å². The first-order valence-electron chi connectivity index (χ1n) is 4.46. The van der Waals surface area contributed by atoms with Crippen LogP contribution >= 0.6 is 0 Å². The van der Waals surface area contributed by atoms with Crippen LogP contribution in [-0.4, -0.2) is 5.71 Å². The third-order valence-corrected chi connectivity index (χ3v) is 1.87. The number of nitrogens with one attached hydrogen (secondary N) is 1. The minimum Gasteiger partial charge on any atom is -0.310 e. The van der Waals surface area contributed by atoms with Gasteiger partial charge in [-0.25, -0.2) is 0 Å². The molecule has 0 unspecified atom stereocenters. The average molecular weight is 161 g/mol. The first-order chi connectivity index (χ1) is 5.89. The summed E-state index contributed by atoms with van der Waals surface area (Å²) in [6, 6.07) is 12.0. The van der Waals surface area contributed by atoms with E-state index in [0.717, 1.165) is 18.6 Å². The van der Waals surface area contributed by atoms with E-state index in [2.05, 4.69) is 0 Å². The second kappa shape index (κ2) is 5.53. The van der Waals surface area contributed by atoms with Crippen LogP contribution in [0.5, 0.6) is 0 Å².